The van der Waals surface area contributed by atoms with Crippen molar-refractivity contribution in [2.75, 3.05) is 0 Å². The van der Waals surface area contributed by atoms with E-state index in [4.69, 9.17) is 4.52 Å². The molecular weight excluding hydrogens is 371 g/mol. The van der Waals surface area contributed by atoms with Gasteiger partial charge in [-0.2, -0.15) is 18.4 Å². The first-order valence-corrected chi connectivity index (χ1v) is 11.2. The number of rotatable bonds is 7. The summed E-state index contributed by atoms with van der Waals surface area (Å²) in [4.78, 5) is 2.23. The smallest absolute Gasteiger partial charge is 0.276 e. The van der Waals surface area contributed by atoms with Gasteiger partial charge in [0.15, 0.2) is 0 Å². The van der Waals surface area contributed by atoms with Gasteiger partial charge in [-0.05, 0) is 52.0 Å². The van der Waals surface area contributed by atoms with Crippen LogP contribution in [-0.2, 0) is 19.1 Å². The Kier molecular flexibility index (Phi) is 6.39. The Morgan fingerprint density at radius 3 is 2.19 bits per heavy atom. The molecule has 0 aliphatic carbocycles. The Bertz CT molecular complexity index is 923. The largest absolute Gasteiger partial charge is 0.318 e. The van der Waals surface area contributed by atoms with Crippen molar-refractivity contribution < 1.29 is 17.5 Å². The summed E-state index contributed by atoms with van der Waals surface area (Å²) in [6.07, 6.45) is -0.320. The van der Waals surface area contributed by atoms with Gasteiger partial charge in [-0.25, -0.2) is 0 Å². The van der Waals surface area contributed by atoms with E-state index in [-0.39, 0.29) is 16.5 Å². The third-order valence-electron chi connectivity index (χ3n) is 3.54. The van der Waals surface area contributed by atoms with E-state index >= 15 is 0 Å². The van der Waals surface area contributed by atoms with Gasteiger partial charge in [-0.1, -0.05) is 35.9 Å². The lowest BCUT2D eigenvalue weighted by molar-refractivity contribution is 0.255. The number of aryl methyl sites for hydroxylation is 1. The average molecular weight is 394 g/mol. The zero-order chi connectivity index (χ0) is 19.4. The standard InChI is InChI=1S/C18H23N2O4PS/c1-14(2)24-25(21,17-8-6-5-7-9-17)16(4)19-20-26(22,23)18-12-10-15(3)11-13-18/h5-14,20H,1-4H3. The molecule has 0 aliphatic rings. The van der Waals surface area contributed by atoms with Crippen molar-refractivity contribution in [1.82, 2.24) is 4.83 Å². The Hall–Kier alpha value is -1.95. The second-order valence-corrected chi connectivity index (χ2v) is 10.2. The molecule has 0 bridgehead atoms. The molecule has 2 aromatic rings. The van der Waals surface area contributed by atoms with Crippen LogP contribution in [0.2, 0.25) is 0 Å². The van der Waals surface area contributed by atoms with Crippen LogP contribution in [0.5, 0.6) is 0 Å². The van der Waals surface area contributed by atoms with E-state index in [0.29, 0.717) is 5.30 Å². The lowest BCUT2D eigenvalue weighted by Crippen LogP contribution is -2.22. The highest BCUT2D eigenvalue weighted by atomic mass is 32.2. The average Bonchev–Trinajstić information content (AvgIpc) is 2.60. The van der Waals surface area contributed by atoms with Crippen molar-refractivity contribution in [2.24, 2.45) is 5.10 Å². The number of benzene rings is 2. The fourth-order valence-electron chi connectivity index (χ4n) is 2.21. The zero-order valence-corrected chi connectivity index (χ0v) is 16.9. The summed E-state index contributed by atoms with van der Waals surface area (Å²) in [5.41, 5.74) is 1.02. The van der Waals surface area contributed by atoms with E-state index < -0.39 is 17.4 Å². The van der Waals surface area contributed by atoms with Crippen molar-refractivity contribution in [3.63, 3.8) is 0 Å². The number of sulfonamides is 1. The zero-order valence-electron chi connectivity index (χ0n) is 15.2. The topological polar surface area (TPSA) is 84.8 Å². The molecule has 8 heteroatoms. The predicted octanol–water partition coefficient (Wildman–Crippen LogP) is 3.64. The van der Waals surface area contributed by atoms with Crippen LogP contribution in [0.1, 0.15) is 26.3 Å². The fraction of sp³-hybridized carbons (Fsp3) is 0.278. The number of hydrazone groups is 1. The van der Waals surface area contributed by atoms with Gasteiger partial charge in [0.25, 0.3) is 17.4 Å². The van der Waals surface area contributed by atoms with Crippen molar-refractivity contribution in [3.8, 4) is 0 Å². The molecule has 6 nitrogen and oxygen atoms in total. The summed E-state index contributed by atoms with van der Waals surface area (Å²) >= 11 is 0. The number of nitrogens with one attached hydrogen (secondary N) is 1. The third kappa shape index (κ3) is 4.81. The van der Waals surface area contributed by atoms with Gasteiger partial charge in [0.1, 0.15) is 5.45 Å². The Morgan fingerprint density at radius 1 is 1.08 bits per heavy atom. The molecule has 0 aliphatic heterocycles. The minimum absolute atomic E-state index is 0.0769. The molecule has 2 rings (SSSR count). The van der Waals surface area contributed by atoms with Crippen LogP contribution in [0.25, 0.3) is 0 Å². The summed E-state index contributed by atoms with van der Waals surface area (Å²) in [7, 11) is -7.34. The first-order valence-electron chi connectivity index (χ1n) is 8.12. The predicted molar refractivity (Wildman–Crippen MR) is 105 cm³/mol. The van der Waals surface area contributed by atoms with Gasteiger partial charge in [-0.15, -0.1) is 0 Å². The van der Waals surface area contributed by atoms with Crippen molar-refractivity contribution >= 4 is 28.1 Å². The maximum absolute atomic E-state index is 13.4. The van der Waals surface area contributed by atoms with E-state index in [1.807, 2.05) is 6.92 Å². The summed E-state index contributed by atoms with van der Waals surface area (Å²) in [5.74, 6) is 0. The van der Waals surface area contributed by atoms with Crippen molar-refractivity contribution in [3.05, 3.63) is 60.2 Å². The monoisotopic (exact) mass is 394 g/mol. The second kappa shape index (κ2) is 8.16. The van der Waals surface area contributed by atoms with Crippen LogP contribution in [-0.4, -0.2) is 20.0 Å². The molecule has 0 aromatic heterocycles. The van der Waals surface area contributed by atoms with Gasteiger partial charge in [0, 0.05) is 5.30 Å². The lowest BCUT2D eigenvalue weighted by Gasteiger charge is -2.21. The molecule has 26 heavy (non-hydrogen) atoms. The Morgan fingerprint density at radius 2 is 1.65 bits per heavy atom. The highest BCUT2D eigenvalue weighted by molar-refractivity contribution is 7.89. The summed E-state index contributed by atoms with van der Waals surface area (Å²) in [6.45, 7) is 6.89. The first kappa shape index (κ1) is 20.4. The molecule has 0 saturated carbocycles. The normalized spacial score (nSPS) is 14.9. The van der Waals surface area contributed by atoms with E-state index in [9.17, 15) is 13.0 Å². The lowest BCUT2D eigenvalue weighted by atomic mass is 10.2. The third-order valence-corrected chi connectivity index (χ3v) is 7.41. The summed E-state index contributed by atoms with van der Waals surface area (Å²) in [6, 6.07) is 15.0. The molecule has 1 unspecified atom stereocenters. The summed E-state index contributed by atoms with van der Waals surface area (Å²) in [5, 5.41) is 4.35. The molecule has 2 aromatic carbocycles. The van der Waals surface area contributed by atoms with Crippen molar-refractivity contribution in [1.29, 1.82) is 0 Å². The van der Waals surface area contributed by atoms with Crippen LogP contribution in [0.15, 0.2) is 64.6 Å². The molecule has 140 valence electrons. The molecule has 0 radical (unpaired) electrons. The van der Waals surface area contributed by atoms with Crippen LogP contribution in [0, 0.1) is 6.92 Å². The van der Waals surface area contributed by atoms with Gasteiger partial charge in [-0.3, -0.25) is 4.57 Å². The molecule has 0 heterocycles. The molecule has 1 N–H and O–H groups in total. The van der Waals surface area contributed by atoms with Gasteiger partial charge in [0.05, 0.1) is 11.0 Å². The van der Waals surface area contributed by atoms with E-state index in [1.54, 1.807) is 56.3 Å². The van der Waals surface area contributed by atoms with Crippen LogP contribution < -0.4 is 10.1 Å². The highest BCUT2D eigenvalue weighted by Crippen LogP contribution is 2.48. The number of hydrogen-bond acceptors (Lipinski definition) is 5. The minimum Gasteiger partial charge on any atom is -0.318 e. The van der Waals surface area contributed by atoms with Crippen LogP contribution in [0.4, 0.5) is 0 Å². The molecular formula is C18H23N2O4PS. The van der Waals surface area contributed by atoms with Gasteiger partial charge >= 0.3 is 0 Å². The van der Waals surface area contributed by atoms with Crippen molar-refractivity contribution in [2.45, 2.75) is 38.7 Å². The Balaban J connectivity index is 2.35. The van der Waals surface area contributed by atoms with E-state index in [0.717, 1.165) is 5.56 Å². The maximum Gasteiger partial charge on any atom is 0.276 e. The maximum atomic E-state index is 13.4. The van der Waals surface area contributed by atoms with E-state index in [1.165, 1.54) is 19.1 Å². The highest BCUT2D eigenvalue weighted by Gasteiger charge is 2.31. The number of nitrogens with zero attached hydrogens (tertiary/aromatic N) is 1. The molecule has 1 atom stereocenters. The molecule has 0 amide bonds. The minimum atomic E-state index is -3.86. The fourth-order valence-corrected chi connectivity index (χ4v) is 5.12. The molecule has 0 saturated heterocycles. The quantitative estimate of drug-likeness (QED) is 0.441. The van der Waals surface area contributed by atoms with Gasteiger partial charge < -0.3 is 4.52 Å². The van der Waals surface area contributed by atoms with Crippen LogP contribution in [0.3, 0.4) is 0 Å². The first-order chi connectivity index (χ1) is 12.1. The van der Waals surface area contributed by atoms with Crippen LogP contribution >= 0.6 is 7.37 Å². The van der Waals surface area contributed by atoms with Gasteiger partial charge in [0.2, 0.25) is 0 Å². The SMILES string of the molecule is CC(=NNS(=O)(=O)c1ccc(C)cc1)P(=O)(OC(C)C)c1ccccc1. The summed E-state index contributed by atoms with van der Waals surface area (Å²) < 4.78 is 43.9. The molecule has 0 fully saturated rings. The second-order valence-electron chi connectivity index (χ2n) is 6.11. The van der Waals surface area contributed by atoms with E-state index in [2.05, 4.69) is 9.93 Å². The number of hydrogen-bond donors (Lipinski definition) is 1. The molecule has 0 spiro atoms. The Labute approximate surface area is 154 Å².